The van der Waals surface area contributed by atoms with Crippen molar-refractivity contribution in [2.45, 2.75) is 13.0 Å². The molecule has 0 radical (unpaired) electrons. The van der Waals surface area contributed by atoms with Gasteiger partial charge < -0.3 is 14.8 Å². The number of aryl methyl sites for hydroxylation is 1. The fourth-order valence-corrected chi connectivity index (χ4v) is 1.66. The van der Waals surface area contributed by atoms with E-state index in [9.17, 15) is 9.18 Å². The molecule has 2 rings (SSSR count). The predicted octanol–water partition coefficient (Wildman–Crippen LogP) is 1.92. The smallest absolute Gasteiger partial charge is 0.407 e. The molecule has 4 nitrogen and oxygen atoms in total. The van der Waals surface area contributed by atoms with E-state index >= 15 is 0 Å². The van der Waals surface area contributed by atoms with Gasteiger partial charge in [-0.05, 0) is 24.6 Å². The molecule has 0 spiro atoms. The van der Waals surface area contributed by atoms with Crippen LogP contribution in [0, 0.1) is 12.7 Å². The third-order valence-corrected chi connectivity index (χ3v) is 2.54. The summed E-state index contributed by atoms with van der Waals surface area (Å²) in [6.45, 7) is 1.98. The standard InChI is InChI=1S/C11H12FNO3/c1-6-3-9(15-2)7(4-8(6)12)10-5-13-11(14)16-10/h3-4,10H,5H2,1-2H3,(H,13,14). The van der Waals surface area contributed by atoms with Crippen molar-refractivity contribution in [3.05, 3.63) is 29.1 Å². The topological polar surface area (TPSA) is 47.6 Å². The molecule has 1 aliphatic heterocycles. The molecule has 16 heavy (non-hydrogen) atoms. The van der Waals surface area contributed by atoms with Crippen LogP contribution >= 0.6 is 0 Å². The van der Waals surface area contributed by atoms with Crippen molar-refractivity contribution in [3.63, 3.8) is 0 Å². The first-order valence-electron chi connectivity index (χ1n) is 4.90. The van der Waals surface area contributed by atoms with Gasteiger partial charge in [-0.2, -0.15) is 0 Å². The molecule has 1 unspecified atom stereocenters. The maximum atomic E-state index is 13.4. The van der Waals surface area contributed by atoms with Crippen LogP contribution in [-0.4, -0.2) is 19.7 Å². The van der Waals surface area contributed by atoms with E-state index in [1.165, 1.54) is 13.2 Å². The summed E-state index contributed by atoms with van der Waals surface area (Å²) >= 11 is 0. The Kier molecular flexibility index (Phi) is 2.68. The minimum absolute atomic E-state index is 0.331. The first kappa shape index (κ1) is 10.7. The van der Waals surface area contributed by atoms with Crippen molar-refractivity contribution in [2.75, 3.05) is 13.7 Å². The third-order valence-electron chi connectivity index (χ3n) is 2.54. The average Bonchev–Trinajstić information content (AvgIpc) is 2.68. The van der Waals surface area contributed by atoms with Gasteiger partial charge in [-0.1, -0.05) is 0 Å². The van der Waals surface area contributed by atoms with E-state index in [1.807, 2.05) is 0 Å². The molecule has 1 N–H and O–H groups in total. The minimum atomic E-state index is -0.493. The largest absolute Gasteiger partial charge is 0.496 e. The van der Waals surface area contributed by atoms with Gasteiger partial charge in [0, 0.05) is 5.56 Å². The number of benzene rings is 1. The fourth-order valence-electron chi connectivity index (χ4n) is 1.66. The molecule has 1 aromatic carbocycles. The second kappa shape index (κ2) is 4.00. The highest BCUT2D eigenvalue weighted by Gasteiger charge is 2.27. The molecule has 1 fully saturated rings. The number of ether oxygens (including phenoxy) is 2. The summed E-state index contributed by atoms with van der Waals surface area (Å²) in [5.41, 5.74) is 1.04. The van der Waals surface area contributed by atoms with E-state index in [4.69, 9.17) is 9.47 Å². The Bertz CT molecular complexity index is 433. The Morgan fingerprint density at radius 3 is 2.88 bits per heavy atom. The zero-order valence-corrected chi connectivity index (χ0v) is 9.04. The normalized spacial score (nSPS) is 19.2. The van der Waals surface area contributed by atoms with Gasteiger partial charge in [-0.3, -0.25) is 0 Å². The summed E-state index contributed by atoms with van der Waals surface area (Å²) in [6, 6.07) is 2.94. The molecule has 0 bridgehead atoms. The molecule has 0 saturated carbocycles. The highest BCUT2D eigenvalue weighted by atomic mass is 19.1. The van der Waals surface area contributed by atoms with Crippen molar-refractivity contribution >= 4 is 6.09 Å². The summed E-state index contributed by atoms with van der Waals surface area (Å²) < 4.78 is 23.6. The van der Waals surface area contributed by atoms with Crippen molar-refractivity contribution in [2.24, 2.45) is 0 Å². The number of methoxy groups -OCH3 is 1. The molecule has 1 atom stereocenters. The SMILES string of the molecule is COc1cc(C)c(F)cc1C1CNC(=O)O1. The highest BCUT2D eigenvalue weighted by Crippen LogP contribution is 2.31. The number of halogens is 1. The highest BCUT2D eigenvalue weighted by molar-refractivity contribution is 5.70. The van der Waals surface area contributed by atoms with Crippen molar-refractivity contribution in [3.8, 4) is 5.75 Å². The van der Waals surface area contributed by atoms with E-state index in [2.05, 4.69) is 5.32 Å². The molecule has 86 valence electrons. The maximum Gasteiger partial charge on any atom is 0.407 e. The number of hydrogen-bond acceptors (Lipinski definition) is 3. The van der Waals surface area contributed by atoms with Crippen LogP contribution < -0.4 is 10.1 Å². The number of carbonyl (C=O) groups is 1. The summed E-state index contributed by atoms with van der Waals surface area (Å²) in [6.07, 6.45) is -0.981. The van der Waals surface area contributed by atoms with Crippen LogP contribution in [0.4, 0.5) is 9.18 Å². The number of nitrogens with one attached hydrogen (secondary N) is 1. The van der Waals surface area contributed by atoms with E-state index in [0.29, 0.717) is 23.4 Å². The number of alkyl carbamates (subject to hydrolysis) is 1. The zero-order valence-electron chi connectivity index (χ0n) is 9.04. The molecule has 1 aliphatic rings. The van der Waals surface area contributed by atoms with Gasteiger partial charge in [0.05, 0.1) is 13.7 Å². The van der Waals surface area contributed by atoms with Crippen molar-refractivity contribution in [1.82, 2.24) is 5.32 Å². The van der Waals surface area contributed by atoms with Gasteiger partial charge >= 0.3 is 6.09 Å². The van der Waals surface area contributed by atoms with Crippen LogP contribution in [0.1, 0.15) is 17.2 Å². The van der Waals surface area contributed by atoms with E-state index < -0.39 is 12.2 Å². The second-order valence-electron chi connectivity index (χ2n) is 3.62. The lowest BCUT2D eigenvalue weighted by Gasteiger charge is -2.14. The Hall–Kier alpha value is -1.78. The van der Waals surface area contributed by atoms with Crippen LogP contribution in [0.2, 0.25) is 0 Å². The van der Waals surface area contributed by atoms with Crippen molar-refractivity contribution in [1.29, 1.82) is 0 Å². The van der Waals surface area contributed by atoms with E-state index in [0.717, 1.165) is 0 Å². The number of hydrogen-bond donors (Lipinski definition) is 1. The lowest BCUT2D eigenvalue weighted by molar-refractivity contribution is 0.139. The number of carbonyl (C=O) groups excluding carboxylic acids is 1. The number of cyclic esters (lactones) is 1. The zero-order chi connectivity index (χ0) is 11.7. The molecule has 0 aliphatic carbocycles. The Morgan fingerprint density at radius 1 is 1.56 bits per heavy atom. The molecule has 0 aromatic heterocycles. The first-order chi connectivity index (χ1) is 7.61. The Balaban J connectivity index is 2.39. The molecule has 1 aromatic rings. The van der Waals surface area contributed by atoms with E-state index in [1.54, 1.807) is 13.0 Å². The van der Waals surface area contributed by atoms with E-state index in [-0.39, 0.29) is 5.82 Å². The summed E-state index contributed by atoms with van der Waals surface area (Å²) in [5.74, 6) is 0.194. The quantitative estimate of drug-likeness (QED) is 0.836. The lowest BCUT2D eigenvalue weighted by atomic mass is 10.1. The molecule has 1 amide bonds. The minimum Gasteiger partial charge on any atom is -0.496 e. The Morgan fingerprint density at radius 2 is 2.31 bits per heavy atom. The Labute approximate surface area is 92.4 Å². The van der Waals surface area contributed by atoms with Gasteiger partial charge in [0.15, 0.2) is 0 Å². The van der Waals surface area contributed by atoms with Gasteiger partial charge in [-0.15, -0.1) is 0 Å². The monoisotopic (exact) mass is 225 g/mol. The second-order valence-corrected chi connectivity index (χ2v) is 3.62. The molecule has 5 heteroatoms. The number of amides is 1. The summed E-state index contributed by atoms with van der Waals surface area (Å²) in [7, 11) is 1.50. The van der Waals surface area contributed by atoms with Crippen LogP contribution in [-0.2, 0) is 4.74 Å². The summed E-state index contributed by atoms with van der Waals surface area (Å²) in [5, 5.41) is 2.51. The van der Waals surface area contributed by atoms with Crippen LogP contribution in [0.25, 0.3) is 0 Å². The third kappa shape index (κ3) is 1.80. The maximum absolute atomic E-state index is 13.4. The molecule has 1 saturated heterocycles. The summed E-state index contributed by atoms with van der Waals surface area (Å²) in [4.78, 5) is 10.9. The molecular weight excluding hydrogens is 213 g/mol. The fraction of sp³-hybridized carbons (Fsp3) is 0.364. The molecule has 1 heterocycles. The molecular formula is C11H12FNO3. The first-order valence-corrected chi connectivity index (χ1v) is 4.90. The van der Waals surface area contributed by atoms with Crippen LogP contribution in [0.3, 0.4) is 0 Å². The van der Waals surface area contributed by atoms with Gasteiger partial charge in [0.25, 0.3) is 0 Å². The number of rotatable bonds is 2. The van der Waals surface area contributed by atoms with Gasteiger partial charge in [0.1, 0.15) is 17.7 Å². The lowest BCUT2D eigenvalue weighted by Crippen LogP contribution is -2.12. The predicted molar refractivity (Wildman–Crippen MR) is 54.9 cm³/mol. The van der Waals surface area contributed by atoms with Crippen LogP contribution in [0.15, 0.2) is 12.1 Å². The van der Waals surface area contributed by atoms with Crippen molar-refractivity contribution < 1.29 is 18.7 Å². The van der Waals surface area contributed by atoms with Gasteiger partial charge in [-0.25, -0.2) is 9.18 Å². The van der Waals surface area contributed by atoms with Gasteiger partial charge in [0.2, 0.25) is 0 Å². The average molecular weight is 225 g/mol. The van der Waals surface area contributed by atoms with Crippen LogP contribution in [0.5, 0.6) is 5.75 Å².